The van der Waals surface area contributed by atoms with E-state index in [1.54, 1.807) is 0 Å². The third-order valence-corrected chi connectivity index (χ3v) is 2.58. The summed E-state index contributed by atoms with van der Waals surface area (Å²) in [4.78, 5) is 0. The standard InChI is InChI=1S/C13H19NO2/c1-10(2)16-12-5-3-11(4-6-12)13-9-15-8-7-14-13/h3-6,10,13-14H,7-9H2,1-2H3/t13-/m1/s1. The molecule has 1 saturated heterocycles. The van der Waals surface area contributed by atoms with E-state index < -0.39 is 0 Å². The SMILES string of the molecule is CC(C)Oc1ccc([C@H]2COCCN2)cc1. The minimum Gasteiger partial charge on any atom is -0.491 e. The van der Waals surface area contributed by atoms with Crippen LogP contribution in [0, 0.1) is 0 Å². The van der Waals surface area contributed by atoms with Crippen LogP contribution in [0.2, 0.25) is 0 Å². The predicted octanol–water partition coefficient (Wildman–Crippen LogP) is 2.13. The molecule has 0 spiro atoms. The molecule has 1 atom stereocenters. The first-order valence-electron chi connectivity index (χ1n) is 5.83. The van der Waals surface area contributed by atoms with Gasteiger partial charge in [-0.3, -0.25) is 0 Å². The second-order valence-corrected chi connectivity index (χ2v) is 4.32. The van der Waals surface area contributed by atoms with Crippen LogP contribution in [0.1, 0.15) is 25.5 Å². The van der Waals surface area contributed by atoms with Crippen molar-refractivity contribution in [2.75, 3.05) is 19.8 Å². The molecule has 0 amide bonds. The lowest BCUT2D eigenvalue weighted by molar-refractivity contribution is 0.0768. The van der Waals surface area contributed by atoms with Crippen LogP contribution < -0.4 is 10.1 Å². The summed E-state index contributed by atoms with van der Waals surface area (Å²) in [6, 6.07) is 8.56. The van der Waals surface area contributed by atoms with Gasteiger partial charge in [0.2, 0.25) is 0 Å². The van der Waals surface area contributed by atoms with Gasteiger partial charge >= 0.3 is 0 Å². The van der Waals surface area contributed by atoms with Crippen LogP contribution >= 0.6 is 0 Å². The number of rotatable bonds is 3. The fourth-order valence-electron chi connectivity index (χ4n) is 1.83. The van der Waals surface area contributed by atoms with Crippen LogP contribution in [0.3, 0.4) is 0 Å². The molecule has 3 heteroatoms. The molecule has 0 unspecified atom stereocenters. The first-order valence-corrected chi connectivity index (χ1v) is 5.83. The van der Waals surface area contributed by atoms with Crippen molar-refractivity contribution in [2.24, 2.45) is 0 Å². The van der Waals surface area contributed by atoms with Crippen molar-refractivity contribution in [2.45, 2.75) is 26.0 Å². The summed E-state index contributed by atoms with van der Waals surface area (Å²) in [7, 11) is 0. The molecule has 1 aromatic carbocycles. The van der Waals surface area contributed by atoms with Gasteiger partial charge in [0, 0.05) is 6.54 Å². The Morgan fingerprint density at radius 3 is 2.62 bits per heavy atom. The first-order chi connectivity index (χ1) is 7.75. The molecule has 16 heavy (non-hydrogen) atoms. The molecule has 1 aromatic rings. The van der Waals surface area contributed by atoms with E-state index in [-0.39, 0.29) is 6.10 Å². The number of morpholine rings is 1. The highest BCUT2D eigenvalue weighted by molar-refractivity contribution is 5.29. The molecule has 3 nitrogen and oxygen atoms in total. The Morgan fingerprint density at radius 2 is 2.06 bits per heavy atom. The van der Waals surface area contributed by atoms with Gasteiger partial charge in [-0.25, -0.2) is 0 Å². The van der Waals surface area contributed by atoms with Gasteiger partial charge in [0.25, 0.3) is 0 Å². The monoisotopic (exact) mass is 221 g/mol. The molecule has 0 bridgehead atoms. The number of ether oxygens (including phenoxy) is 2. The smallest absolute Gasteiger partial charge is 0.119 e. The molecule has 0 aliphatic carbocycles. The maximum atomic E-state index is 5.60. The average Bonchev–Trinajstić information content (AvgIpc) is 2.30. The summed E-state index contributed by atoms with van der Waals surface area (Å²) >= 11 is 0. The minimum absolute atomic E-state index is 0.224. The van der Waals surface area contributed by atoms with Gasteiger partial charge in [-0.1, -0.05) is 12.1 Å². The Morgan fingerprint density at radius 1 is 1.31 bits per heavy atom. The van der Waals surface area contributed by atoms with E-state index in [9.17, 15) is 0 Å². The predicted molar refractivity (Wildman–Crippen MR) is 63.8 cm³/mol. The largest absolute Gasteiger partial charge is 0.491 e. The second kappa shape index (κ2) is 5.32. The van der Waals surface area contributed by atoms with E-state index in [2.05, 4.69) is 17.4 Å². The van der Waals surface area contributed by atoms with E-state index in [0.29, 0.717) is 6.04 Å². The molecule has 0 saturated carbocycles. The van der Waals surface area contributed by atoms with Crippen molar-refractivity contribution in [3.63, 3.8) is 0 Å². The van der Waals surface area contributed by atoms with E-state index in [1.165, 1.54) is 5.56 Å². The quantitative estimate of drug-likeness (QED) is 0.848. The van der Waals surface area contributed by atoms with E-state index in [0.717, 1.165) is 25.5 Å². The van der Waals surface area contributed by atoms with Crippen molar-refractivity contribution in [3.8, 4) is 5.75 Å². The maximum absolute atomic E-state index is 5.60. The van der Waals surface area contributed by atoms with Crippen molar-refractivity contribution < 1.29 is 9.47 Å². The molecule has 1 N–H and O–H groups in total. The van der Waals surface area contributed by atoms with Crippen LogP contribution in [0.5, 0.6) is 5.75 Å². The summed E-state index contributed by atoms with van der Waals surface area (Å²) in [5.41, 5.74) is 1.26. The van der Waals surface area contributed by atoms with E-state index in [1.807, 2.05) is 26.0 Å². The zero-order valence-corrected chi connectivity index (χ0v) is 9.90. The van der Waals surface area contributed by atoms with Gasteiger partial charge in [0.1, 0.15) is 5.75 Å². The summed E-state index contributed by atoms with van der Waals surface area (Å²) < 4.78 is 11.0. The lowest BCUT2D eigenvalue weighted by Crippen LogP contribution is -2.34. The molecule has 0 aromatic heterocycles. The van der Waals surface area contributed by atoms with E-state index in [4.69, 9.17) is 9.47 Å². The van der Waals surface area contributed by atoms with Crippen LogP contribution in [0.4, 0.5) is 0 Å². The number of hydrogen-bond donors (Lipinski definition) is 1. The number of nitrogens with one attached hydrogen (secondary N) is 1. The normalized spacial score (nSPS) is 21.1. The van der Waals surface area contributed by atoms with Gasteiger partial charge in [-0.15, -0.1) is 0 Å². The van der Waals surface area contributed by atoms with Crippen molar-refractivity contribution in [1.82, 2.24) is 5.32 Å². The minimum atomic E-state index is 0.224. The van der Waals surface area contributed by atoms with Crippen LogP contribution in [0.25, 0.3) is 0 Å². The topological polar surface area (TPSA) is 30.5 Å². The molecule has 1 aliphatic heterocycles. The highest BCUT2D eigenvalue weighted by Gasteiger charge is 2.14. The third-order valence-electron chi connectivity index (χ3n) is 2.58. The van der Waals surface area contributed by atoms with Gasteiger partial charge < -0.3 is 14.8 Å². The fraction of sp³-hybridized carbons (Fsp3) is 0.538. The third kappa shape index (κ3) is 2.97. The summed E-state index contributed by atoms with van der Waals surface area (Å²) in [6.45, 7) is 6.55. The lowest BCUT2D eigenvalue weighted by atomic mass is 10.1. The molecule has 88 valence electrons. The van der Waals surface area contributed by atoms with E-state index >= 15 is 0 Å². The fourth-order valence-corrected chi connectivity index (χ4v) is 1.83. The van der Waals surface area contributed by atoms with Gasteiger partial charge in [0.05, 0.1) is 25.4 Å². The van der Waals surface area contributed by atoms with Crippen LogP contribution in [-0.2, 0) is 4.74 Å². The Balaban J connectivity index is 2.00. The highest BCUT2D eigenvalue weighted by Crippen LogP contribution is 2.20. The number of benzene rings is 1. The van der Waals surface area contributed by atoms with Crippen molar-refractivity contribution in [1.29, 1.82) is 0 Å². The number of hydrogen-bond acceptors (Lipinski definition) is 3. The first kappa shape index (κ1) is 11.4. The summed E-state index contributed by atoms with van der Waals surface area (Å²) in [5, 5.41) is 3.43. The molecule has 2 rings (SSSR count). The molecular formula is C13H19NO2. The van der Waals surface area contributed by atoms with Crippen molar-refractivity contribution in [3.05, 3.63) is 29.8 Å². The Hall–Kier alpha value is -1.06. The zero-order valence-electron chi connectivity index (χ0n) is 9.90. The second-order valence-electron chi connectivity index (χ2n) is 4.32. The van der Waals surface area contributed by atoms with Gasteiger partial charge in [-0.05, 0) is 31.5 Å². The van der Waals surface area contributed by atoms with Gasteiger partial charge in [0.15, 0.2) is 0 Å². The molecule has 1 heterocycles. The summed E-state index contributed by atoms with van der Waals surface area (Å²) in [5.74, 6) is 0.926. The average molecular weight is 221 g/mol. The van der Waals surface area contributed by atoms with Crippen LogP contribution in [-0.4, -0.2) is 25.9 Å². The maximum Gasteiger partial charge on any atom is 0.119 e. The molecule has 1 fully saturated rings. The highest BCUT2D eigenvalue weighted by atomic mass is 16.5. The van der Waals surface area contributed by atoms with Crippen LogP contribution in [0.15, 0.2) is 24.3 Å². The van der Waals surface area contributed by atoms with Crippen molar-refractivity contribution >= 4 is 0 Å². The summed E-state index contributed by atoms with van der Waals surface area (Å²) in [6.07, 6.45) is 0.224. The van der Waals surface area contributed by atoms with Gasteiger partial charge in [-0.2, -0.15) is 0 Å². The lowest BCUT2D eigenvalue weighted by Gasteiger charge is -2.24. The Bertz CT molecular complexity index is 315. The Labute approximate surface area is 96.8 Å². The molecule has 1 aliphatic rings. The molecular weight excluding hydrogens is 202 g/mol. The molecule has 0 radical (unpaired) electrons. The zero-order chi connectivity index (χ0) is 11.4. The Kier molecular flexibility index (Phi) is 3.80.